The molecule has 3 rings (SSSR count). The van der Waals surface area contributed by atoms with E-state index in [0.717, 1.165) is 18.5 Å². The second kappa shape index (κ2) is 5.84. The Kier molecular flexibility index (Phi) is 3.88. The van der Waals surface area contributed by atoms with Crippen molar-refractivity contribution in [3.63, 3.8) is 0 Å². The van der Waals surface area contributed by atoms with Crippen molar-refractivity contribution in [2.45, 2.75) is 32.7 Å². The maximum Gasteiger partial charge on any atom is 0.254 e. The number of carbonyl (C=O) groups is 1. The van der Waals surface area contributed by atoms with Gasteiger partial charge in [0, 0.05) is 18.7 Å². The van der Waals surface area contributed by atoms with Crippen LogP contribution in [0.5, 0.6) is 5.75 Å². The Morgan fingerprint density at radius 3 is 2.59 bits per heavy atom. The number of rotatable bonds is 2. The van der Waals surface area contributed by atoms with Gasteiger partial charge in [0.25, 0.3) is 5.91 Å². The maximum atomic E-state index is 12.7. The van der Waals surface area contributed by atoms with Crippen LogP contribution in [0.15, 0.2) is 42.5 Å². The molecular formula is C19H21NO2. The van der Waals surface area contributed by atoms with Crippen LogP contribution in [0.1, 0.15) is 46.8 Å². The lowest BCUT2D eigenvalue weighted by Gasteiger charge is -2.29. The first-order chi connectivity index (χ1) is 10.6. The molecule has 1 amide bonds. The Bertz CT molecular complexity index is 706. The highest BCUT2D eigenvalue weighted by molar-refractivity contribution is 5.94. The number of phenols is 1. The van der Waals surface area contributed by atoms with Crippen molar-refractivity contribution in [1.29, 1.82) is 0 Å². The average molecular weight is 295 g/mol. The average Bonchev–Trinajstić information content (AvgIpc) is 2.54. The molecule has 0 aromatic heterocycles. The Morgan fingerprint density at radius 2 is 1.86 bits per heavy atom. The Labute approximate surface area is 131 Å². The van der Waals surface area contributed by atoms with Crippen LogP contribution in [0.4, 0.5) is 0 Å². The molecule has 0 saturated heterocycles. The SMILES string of the molecule is CC(C)c1cc(C(=O)N2CCc3ccccc3C2)ccc1O. The van der Waals surface area contributed by atoms with Crippen LogP contribution in [0.2, 0.25) is 0 Å². The minimum absolute atomic E-state index is 0.0383. The molecule has 2 aromatic carbocycles. The van der Waals surface area contributed by atoms with Crippen molar-refractivity contribution in [2.75, 3.05) is 6.54 Å². The predicted octanol–water partition coefficient (Wildman–Crippen LogP) is 3.71. The van der Waals surface area contributed by atoms with Crippen LogP contribution in [0.3, 0.4) is 0 Å². The summed E-state index contributed by atoms with van der Waals surface area (Å²) < 4.78 is 0. The Morgan fingerprint density at radius 1 is 1.14 bits per heavy atom. The number of benzene rings is 2. The van der Waals surface area contributed by atoms with Gasteiger partial charge in [-0.2, -0.15) is 0 Å². The van der Waals surface area contributed by atoms with Crippen molar-refractivity contribution < 1.29 is 9.90 Å². The van der Waals surface area contributed by atoms with Gasteiger partial charge >= 0.3 is 0 Å². The van der Waals surface area contributed by atoms with E-state index < -0.39 is 0 Å². The van der Waals surface area contributed by atoms with E-state index >= 15 is 0 Å². The molecule has 1 aliphatic rings. The standard InChI is InChI=1S/C19H21NO2/c1-13(2)17-11-15(7-8-18(17)21)19(22)20-10-9-14-5-3-4-6-16(14)12-20/h3-8,11,13,21H,9-10,12H2,1-2H3. The molecule has 1 aliphatic heterocycles. The molecule has 114 valence electrons. The number of aromatic hydroxyl groups is 1. The zero-order valence-electron chi connectivity index (χ0n) is 13.0. The number of phenolic OH excluding ortho intramolecular Hbond substituents is 1. The van der Waals surface area contributed by atoms with Gasteiger partial charge in [-0.05, 0) is 47.2 Å². The van der Waals surface area contributed by atoms with Crippen molar-refractivity contribution in [1.82, 2.24) is 4.90 Å². The molecule has 0 saturated carbocycles. The summed E-state index contributed by atoms with van der Waals surface area (Å²) in [5, 5.41) is 9.90. The quantitative estimate of drug-likeness (QED) is 0.917. The zero-order valence-corrected chi connectivity index (χ0v) is 13.0. The van der Waals surface area contributed by atoms with Gasteiger partial charge in [0.2, 0.25) is 0 Å². The largest absolute Gasteiger partial charge is 0.508 e. The summed E-state index contributed by atoms with van der Waals surface area (Å²) in [6.45, 7) is 5.43. The topological polar surface area (TPSA) is 40.5 Å². The fourth-order valence-electron chi connectivity index (χ4n) is 3.00. The fourth-order valence-corrected chi connectivity index (χ4v) is 3.00. The lowest BCUT2D eigenvalue weighted by atomic mass is 9.97. The van der Waals surface area contributed by atoms with Gasteiger partial charge in [-0.3, -0.25) is 4.79 Å². The Balaban J connectivity index is 1.85. The molecule has 22 heavy (non-hydrogen) atoms. The van der Waals surface area contributed by atoms with Gasteiger partial charge in [-0.15, -0.1) is 0 Å². The lowest BCUT2D eigenvalue weighted by molar-refractivity contribution is 0.0734. The molecule has 0 spiro atoms. The third kappa shape index (κ3) is 2.71. The van der Waals surface area contributed by atoms with E-state index in [-0.39, 0.29) is 17.6 Å². The van der Waals surface area contributed by atoms with E-state index in [9.17, 15) is 9.90 Å². The van der Waals surface area contributed by atoms with Gasteiger partial charge in [0.05, 0.1) is 0 Å². The van der Waals surface area contributed by atoms with Crippen LogP contribution in [-0.2, 0) is 13.0 Å². The van der Waals surface area contributed by atoms with Crippen molar-refractivity contribution >= 4 is 5.91 Å². The van der Waals surface area contributed by atoms with E-state index in [0.29, 0.717) is 12.1 Å². The van der Waals surface area contributed by atoms with E-state index in [1.807, 2.05) is 36.9 Å². The van der Waals surface area contributed by atoms with Gasteiger partial charge in [0.1, 0.15) is 5.75 Å². The molecule has 0 unspecified atom stereocenters. The van der Waals surface area contributed by atoms with Crippen LogP contribution in [0, 0.1) is 0 Å². The highest BCUT2D eigenvalue weighted by atomic mass is 16.3. The number of amides is 1. The first kappa shape index (κ1) is 14.6. The molecule has 0 aliphatic carbocycles. The van der Waals surface area contributed by atoms with Crippen LogP contribution in [0.25, 0.3) is 0 Å². The van der Waals surface area contributed by atoms with Gasteiger partial charge < -0.3 is 10.0 Å². The van der Waals surface area contributed by atoms with Crippen molar-refractivity contribution in [3.8, 4) is 5.75 Å². The van der Waals surface area contributed by atoms with E-state index in [1.54, 1.807) is 12.1 Å². The monoisotopic (exact) mass is 295 g/mol. The molecule has 0 fully saturated rings. The highest BCUT2D eigenvalue weighted by Crippen LogP contribution is 2.27. The van der Waals surface area contributed by atoms with E-state index in [2.05, 4.69) is 12.1 Å². The minimum Gasteiger partial charge on any atom is -0.508 e. The van der Waals surface area contributed by atoms with Gasteiger partial charge in [-0.25, -0.2) is 0 Å². The van der Waals surface area contributed by atoms with Gasteiger partial charge in [-0.1, -0.05) is 38.1 Å². The van der Waals surface area contributed by atoms with Crippen LogP contribution < -0.4 is 0 Å². The summed E-state index contributed by atoms with van der Waals surface area (Å²) >= 11 is 0. The first-order valence-corrected chi connectivity index (χ1v) is 7.75. The molecule has 0 radical (unpaired) electrons. The third-order valence-corrected chi connectivity index (χ3v) is 4.31. The smallest absolute Gasteiger partial charge is 0.254 e. The van der Waals surface area contributed by atoms with Crippen molar-refractivity contribution in [3.05, 3.63) is 64.7 Å². The molecule has 3 nitrogen and oxygen atoms in total. The first-order valence-electron chi connectivity index (χ1n) is 7.75. The third-order valence-electron chi connectivity index (χ3n) is 4.31. The number of hydrogen-bond acceptors (Lipinski definition) is 2. The number of hydrogen-bond donors (Lipinski definition) is 1. The lowest BCUT2D eigenvalue weighted by Crippen LogP contribution is -2.35. The summed E-state index contributed by atoms with van der Waals surface area (Å²) in [5.74, 6) is 0.488. The minimum atomic E-state index is 0.0383. The Hall–Kier alpha value is -2.29. The molecule has 2 aromatic rings. The summed E-state index contributed by atoms with van der Waals surface area (Å²) in [7, 11) is 0. The van der Waals surface area contributed by atoms with Crippen LogP contribution in [-0.4, -0.2) is 22.5 Å². The molecule has 1 heterocycles. The highest BCUT2D eigenvalue weighted by Gasteiger charge is 2.22. The molecule has 3 heteroatoms. The summed E-state index contributed by atoms with van der Waals surface area (Å²) in [6, 6.07) is 13.4. The summed E-state index contributed by atoms with van der Waals surface area (Å²) in [4.78, 5) is 14.6. The molecular weight excluding hydrogens is 274 g/mol. The predicted molar refractivity (Wildman–Crippen MR) is 87.1 cm³/mol. The normalized spacial score (nSPS) is 14.0. The second-order valence-corrected chi connectivity index (χ2v) is 6.17. The summed E-state index contributed by atoms with van der Waals surface area (Å²) in [6.07, 6.45) is 0.900. The fraction of sp³-hybridized carbons (Fsp3) is 0.316. The van der Waals surface area contributed by atoms with E-state index in [4.69, 9.17) is 0 Å². The number of nitrogens with zero attached hydrogens (tertiary/aromatic N) is 1. The number of carbonyl (C=O) groups excluding carboxylic acids is 1. The zero-order chi connectivity index (χ0) is 15.7. The van der Waals surface area contributed by atoms with Crippen molar-refractivity contribution in [2.24, 2.45) is 0 Å². The van der Waals surface area contributed by atoms with Crippen LogP contribution >= 0.6 is 0 Å². The number of fused-ring (bicyclic) bond motifs is 1. The maximum absolute atomic E-state index is 12.7. The van der Waals surface area contributed by atoms with Gasteiger partial charge in [0.15, 0.2) is 0 Å². The van der Waals surface area contributed by atoms with E-state index in [1.165, 1.54) is 11.1 Å². The molecule has 0 atom stereocenters. The molecule has 1 N–H and O–H groups in total. The molecule has 0 bridgehead atoms. The summed E-state index contributed by atoms with van der Waals surface area (Å²) in [5.41, 5.74) is 4.04. The second-order valence-electron chi connectivity index (χ2n) is 6.17.